The molecule has 190 valence electrons. The van der Waals surface area contributed by atoms with Crippen LogP contribution in [0.1, 0.15) is 16.7 Å². The standard InChI is InChI=1S/C29H19Cl3N2O4/c1-16-22(30)7-4-8-25(16)34-28(36)21(27(35)33-29(34)37)14-20-19-6-3-2-5-18(19)10-12-26(20)38-15-17-9-11-23(31)24(32)13-17/h2-14H,15H2,1H3,(H,33,35,37)/b21-14+. The molecule has 0 bridgehead atoms. The number of hydrogen-bond donors (Lipinski definition) is 1. The Bertz CT molecular complexity index is 1670. The van der Waals surface area contributed by atoms with Crippen molar-refractivity contribution in [3.8, 4) is 5.75 Å². The minimum atomic E-state index is -0.850. The Morgan fingerprint density at radius 2 is 1.66 bits per heavy atom. The molecule has 4 amide bonds. The number of nitrogens with zero attached hydrogens (tertiary/aromatic N) is 1. The zero-order valence-electron chi connectivity index (χ0n) is 19.9. The molecule has 1 N–H and O–H groups in total. The number of amides is 4. The maximum absolute atomic E-state index is 13.6. The summed E-state index contributed by atoms with van der Waals surface area (Å²) in [6.07, 6.45) is 1.45. The third-order valence-electron chi connectivity index (χ3n) is 6.18. The molecule has 1 fully saturated rings. The fourth-order valence-corrected chi connectivity index (χ4v) is 4.69. The van der Waals surface area contributed by atoms with Gasteiger partial charge in [0.1, 0.15) is 17.9 Å². The molecule has 0 atom stereocenters. The fraction of sp³-hybridized carbons (Fsp3) is 0.0690. The molecule has 1 saturated heterocycles. The monoisotopic (exact) mass is 564 g/mol. The van der Waals surface area contributed by atoms with Crippen LogP contribution < -0.4 is 15.0 Å². The summed E-state index contributed by atoms with van der Waals surface area (Å²) in [6, 6.07) is 20.4. The second kappa shape index (κ2) is 10.5. The fourth-order valence-electron chi connectivity index (χ4n) is 4.20. The minimum absolute atomic E-state index is 0.165. The zero-order valence-corrected chi connectivity index (χ0v) is 22.2. The van der Waals surface area contributed by atoms with Crippen LogP contribution in [0, 0.1) is 6.92 Å². The molecule has 5 rings (SSSR count). The normalized spacial score (nSPS) is 14.8. The maximum atomic E-state index is 13.6. The van der Waals surface area contributed by atoms with Crippen LogP contribution >= 0.6 is 34.8 Å². The van der Waals surface area contributed by atoms with Gasteiger partial charge in [-0.15, -0.1) is 0 Å². The van der Waals surface area contributed by atoms with Gasteiger partial charge in [-0.05, 0) is 65.2 Å². The number of fused-ring (bicyclic) bond motifs is 1. The Balaban J connectivity index is 1.59. The number of rotatable bonds is 5. The van der Waals surface area contributed by atoms with E-state index < -0.39 is 17.8 Å². The van der Waals surface area contributed by atoms with Crippen molar-refractivity contribution in [3.63, 3.8) is 0 Å². The molecule has 0 saturated carbocycles. The van der Waals surface area contributed by atoms with Gasteiger partial charge in [0.05, 0.1) is 15.7 Å². The Morgan fingerprint density at radius 1 is 0.868 bits per heavy atom. The van der Waals surface area contributed by atoms with E-state index in [2.05, 4.69) is 5.32 Å². The molecule has 0 radical (unpaired) electrons. The molecule has 6 nitrogen and oxygen atoms in total. The number of hydrogen-bond acceptors (Lipinski definition) is 4. The summed E-state index contributed by atoms with van der Waals surface area (Å²) in [4.78, 5) is 40.1. The van der Waals surface area contributed by atoms with E-state index in [1.54, 1.807) is 49.4 Å². The van der Waals surface area contributed by atoms with Crippen molar-refractivity contribution in [2.75, 3.05) is 4.90 Å². The van der Waals surface area contributed by atoms with E-state index in [9.17, 15) is 14.4 Å². The van der Waals surface area contributed by atoms with E-state index in [1.165, 1.54) is 6.08 Å². The lowest BCUT2D eigenvalue weighted by molar-refractivity contribution is -0.122. The summed E-state index contributed by atoms with van der Waals surface area (Å²) in [7, 11) is 0. The predicted octanol–water partition coefficient (Wildman–Crippen LogP) is 7.35. The lowest BCUT2D eigenvalue weighted by Gasteiger charge is -2.28. The van der Waals surface area contributed by atoms with Crippen molar-refractivity contribution in [1.29, 1.82) is 0 Å². The smallest absolute Gasteiger partial charge is 0.335 e. The van der Waals surface area contributed by atoms with Gasteiger partial charge in [0, 0.05) is 10.6 Å². The molecular weight excluding hydrogens is 547 g/mol. The molecule has 0 spiro atoms. The van der Waals surface area contributed by atoms with Crippen LogP contribution in [0.2, 0.25) is 15.1 Å². The van der Waals surface area contributed by atoms with E-state index in [-0.39, 0.29) is 17.9 Å². The molecule has 1 aliphatic heterocycles. The number of benzene rings is 4. The van der Waals surface area contributed by atoms with E-state index in [1.807, 2.05) is 30.3 Å². The van der Waals surface area contributed by atoms with Crippen molar-refractivity contribution in [1.82, 2.24) is 5.32 Å². The number of imide groups is 2. The summed E-state index contributed by atoms with van der Waals surface area (Å²) >= 11 is 18.4. The van der Waals surface area contributed by atoms with Gasteiger partial charge in [-0.2, -0.15) is 0 Å². The van der Waals surface area contributed by atoms with Gasteiger partial charge in [-0.3, -0.25) is 14.9 Å². The average molecular weight is 566 g/mol. The van der Waals surface area contributed by atoms with E-state index >= 15 is 0 Å². The lowest BCUT2D eigenvalue weighted by Crippen LogP contribution is -2.54. The number of barbiturate groups is 1. The van der Waals surface area contributed by atoms with Gasteiger partial charge < -0.3 is 4.74 Å². The van der Waals surface area contributed by atoms with Gasteiger partial charge in [-0.1, -0.05) is 77.3 Å². The molecule has 1 heterocycles. The molecule has 4 aromatic carbocycles. The van der Waals surface area contributed by atoms with Crippen LogP contribution in [-0.2, 0) is 16.2 Å². The summed E-state index contributed by atoms with van der Waals surface area (Å²) in [5, 5.41) is 5.12. The highest BCUT2D eigenvalue weighted by Gasteiger charge is 2.38. The number of anilines is 1. The van der Waals surface area contributed by atoms with Gasteiger partial charge in [0.15, 0.2) is 0 Å². The first-order valence-electron chi connectivity index (χ1n) is 11.5. The second-order valence-corrected chi connectivity index (χ2v) is 9.80. The number of ether oxygens (including phenoxy) is 1. The van der Waals surface area contributed by atoms with Crippen molar-refractivity contribution in [2.45, 2.75) is 13.5 Å². The van der Waals surface area contributed by atoms with Crippen LogP contribution in [-0.4, -0.2) is 17.8 Å². The first-order chi connectivity index (χ1) is 18.2. The molecular formula is C29H19Cl3N2O4. The Kier molecular flexibility index (Phi) is 7.13. The van der Waals surface area contributed by atoms with Crippen LogP contribution in [0.5, 0.6) is 5.75 Å². The van der Waals surface area contributed by atoms with Crippen LogP contribution in [0.4, 0.5) is 10.5 Å². The maximum Gasteiger partial charge on any atom is 0.335 e. The Morgan fingerprint density at radius 3 is 2.45 bits per heavy atom. The largest absolute Gasteiger partial charge is 0.488 e. The van der Waals surface area contributed by atoms with Crippen molar-refractivity contribution >= 4 is 75.2 Å². The first-order valence-corrected chi connectivity index (χ1v) is 12.6. The lowest BCUT2D eigenvalue weighted by atomic mass is 9.99. The number of carbonyl (C=O) groups excluding carboxylic acids is 3. The summed E-state index contributed by atoms with van der Waals surface area (Å²) in [5.74, 6) is -1.14. The number of halogens is 3. The van der Waals surface area contributed by atoms with Gasteiger partial charge >= 0.3 is 6.03 Å². The van der Waals surface area contributed by atoms with Crippen LogP contribution in [0.3, 0.4) is 0 Å². The average Bonchev–Trinajstić information content (AvgIpc) is 2.90. The quantitative estimate of drug-likeness (QED) is 0.203. The molecule has 1 aliphatic rings. The summed E-state index contributed by atoms with van der Waals surface area (Å²) < 4.78 is 6.12. The highest BCUT2D eigenvalue weighted by Crippen LogP contribution is 2.34. The minimum Gasteiger partial charge on any atom is -0.488 e. The summed E-state index contributed by atoms with van der Waals surface area (Å²) in [6.45, 7) is 1.86. The van der Waals surface area contributed by atoms with Crippen molar-refractivity contribution < 1.29 is 19.1 Å². The number of urea groups is 1. The third kappa shape index (κ3) is 4.86. The van der Waals surface area contributed by atoms with E-state index in [4.69, 9.17) is 39.5 Å². The van der Waals surface area contributed by atoms with Gasteiger partial charge in [0.2, 0.25) is 0 Å². The molecule has 4 aromatic rings. The highest BCUT2D eigenvalue weighted by atomic mass is 35.5. The van der Waals surface area contributed by atoms with Crippen LogP contribution in [0.15, 0.2) is 78.4 Å². The first kappa shape index (κ1) is 25.8. The molecule has 38 heavy (non-hydrogen) atoms. The number of carbonyl (C=O) groups is 3. The van der Waals surface area contributed by atoms with Crippen molar-refractivity contribution in [2.24, 2.45) is 0 Å². The Hall–Kier alpha value is -3.84. The molecule has 0 aliphatic carbocycles. The SMILES string of the molecule is Cc1c(Cl)cccc1N1C(=O)NC(=O)/C(=C\c2c(OCc3ccc(Cl)c(Cl)c3)ccc3ccccc23)C1=O. The molecule has 0 aromatic heterocycles. The van der Waals surface area contributed by atoms with Gasteiger partial charge in [0.25, 0.3) is 11.8 Å². The number of nitrogens with one attached hydrogen (secondary N) is 1. The third-order valence-corrected chi connectivity index (χ3v) is 7.33. The van der Waals surface area contributed by atoms with Crippen molar-refractivity contribution in [3.05, 3.63) is 110 Å². The van der Waals surface area contributed by atoms with E-state index in [0.717, 1.165) is 21.2 Å². The Labute approximate surface area is 233 Å². The highest BCUT2D eigenvalue weighted by molar-refractivity contribution is 6.42. The second-order valence-electron chi connectivity index (χ2n) is 8.58. The molecule has 0 unspecified atom stereocenters. The zero-order chi connectivity index (χ0) is 27.0. The van der Waals surface area contributed by atoms with Crippen LogP contribution in [0.25, 0.3) is 16.8 Å². The summed E-state index contributed by atoms with van der Waals surface area (Å²) in [5.41, 5.74) is 1.89. The van der Waals surface area contributed by atoms with Gasteiger partial charge in [-0.25, -0.2) is 9.69 Å². The molecule has 9 heteroatoms. The predicted molar refractivity (Wildman–Crippen MR) is 150 cm³/mol. The topological polar surface area (TPSA) is 75.7 Å². The van der Waals surface area contributed by atoms with E-state index in [0.29, 0.717) is 31.9 Å².